The van der Waals surface area contributed by atoms with E-state index in [9.17, 15) is 23.1 Å². The third-order valence-corrected chi connectivity index (χ3v) is 9.62. The number of piperazine rings is 1. The Hall–Kier alpha value is -3.55. The molecule has 0 bridgehead atoms. The van der Waals surface area contributed by atoms with E-state index in [-0.39, 0.29) is 55.3 Å². The molecule has 2 amide bonds. The number of nitrogens with one attached hydrogen (secondary N) is 2. The second kappa shape index (κ2) is 14.0. The lowest BCUT2D eigenvalue weighted by atomic mass is 9.92. The molecular weight excluding hydrogens is 588 g/mol. The van der Waals surface area contributed by atoms with E-state index in [2.05, 4.69) is 10.6 Å². The van der Waals surface area contributed by atoms with Crippen molar-refractivity contribution < 1.29 is 37.3 Å². The first-order chi connectivity index (χ1) is 20.8. The highest BCUT2D eigenvalue weighted by molar-refractivity contribution is 7.89. The third-order valence-electron chi connectivity index (χ3n) is 7.72. The zero-order valence-electron chi connectivity index (χ0n) is 26.1. The molecule has 44 heavy (non-hydrogen) atoms. The van der Waals surface area contributed by atoms with Gasteiger partial charge in [-0.05, 0) is 82.3 Å². The lowest BCUT2D eigenvalue weighted by Crippen LogP contribution is -2.51. The Bertz CT molecular complexity index is 1430. The van der Waals surface area contributed by atoms with Crippen molar-refractivity contribution in [3.63, 3.8) is 0 Å². The Morgan fingerprint density at radius 2 is 1.59 bits per heavy atom. The molecule has 2 aromatic rings. The van der Waals surface area contributed by atoms with Crippen molar-refractivity contribution in [2.75, 3.05) is 45.7 Å². The molecule has 242 valence electrons. The number of amides is 2. The van der Waals surface area contributed by atoms with Gasteiger partial charge in [-0.15, -0.1) is 0 Å². The van der Waals surface area contributed by atoms with Gasteiger partial charge < -0.3 is 34.9 Å². The molecule has 0 aromatic heterocycles. The first kappa shape index (κ1) is 33.3. The van der Waals surface area contributed by atoms with E-state index in [0.717, 1.165) is 18.4 Å². The lowest BCUT2D eigenvalue weighted by Gasteiger charge is -2.35. The van der Waals surface area contributed by atoms with Gasteiger partial charge in [0.2, 0.25) is 10.0 Å². The summed E-state index contributed by atoms with van der Waals surface area (Å²) in [5.74, 6) is 0.655. The lowest BCUT2D eigenvalue weighted by molar-refractivity contribution is 0.0192. The highest BCUT2D eigenvalue weighted by Gasteiger charge is 2.33. The summed E-state index contributed by atoms with van der Waals surface area (Å²) in [6, 6.07) is 9.90. The average Bonchev–Trinajstić information content (AvgIpc) is 3.00. The zero-order chi connectivity index (χ0) is 32.1. The molecule has 2 aromatic carbocycles. The Morgan fingerprint density at radius 1 is 0.932 bits per heavy atom. The molecule has 13 heteroatoms. The molecule has 0 atom stereocenters. The van der Waals surface area contributed by atoms with E-state index >= 15 is 0 Å². The van der Waals surface area contributed by atoms with E-state index in [1.165, 1.54) is 28.4 Å². The van der Waals surface area contributed by atoms with E-state index < -0.39 is 27.6 Å². The van der Waals surface area contributed by atoms with E-state index in [0.29, 0.717) is 30.0 Å². The number of ether oxygens (including phenoxy) is 3. The predicted octanol–water partition coefficient (Wildman–Crippen LogP) is 3.59. The molecule has 1 aliphatic carbocycles. The van der Waals surface area contributed by atoms with E-state index in [4.69, 9.17) is 14.2 Å². The molecule has 3 N–H and O–H groups in total. The van der Waals surface area contributed by atoms with Gasteiger partial charge in [-0.25, -0.2) is 13.2 Å². The van der Waals surface area contributed by atoms with Crippen LogP contribution in [-0.2, 0) is 21.3 Å². The standard InChI is InChI=1S/C31H44N4O8S/c1-31(2,3)43-30(38)34-14-16-35(17-15-34)44(39,40)24-11-12-26(33-22-7-9-23(36)10-8-22)25(19-24)29(37)32-20-21-6-13-27(41-4)28(18-21)42-5/h6,11-13,18-19,22-23,33,36H,7-10,14-17,20H2,1-5H3,(H,32,37). The number of methoxy groups -OCH3 is 2. The number of benzene rings is 2. The van der Waals surface area contributed by atoms with Crippen LogP contribution in [0.4, 0.5) is 10.5 Å². The predicted molar refractivity (Wildman–Crippen MR) is 166 cm³/mol. The quantitative estimate of drug-likeness (QED) is 0.377. The fraction of sp³-hybridized carbons (Fsp3) is 0.548. The van der Waals surface area contributed by atoms with Gasteiger partial charge in [0.05, 0.1) is 30.8 Å². The summed E-state index contributed by atoms with van der Waals surface area (Å²) in [7, 11) is -0.882. The SMILES string of the molecule is COc1ccc(CNC(=O)c2cc(S(=O)(=O)N3CCN(C(=O)OC(C)(C)C)CC3)ccc2NC2CCC(O)CC2)cc1OC. The molecule has 2 aliphatic rings. The highest BCUT2D eigenvalue weighted by atomic mass is 32.2. The topological polar surface area (TPSA) is 147 Å². The summed E-state index contributed by atoms with van der Waals surface area (Å²) in [5, 5.41) is 16.2. The number of nitrogens with zero attached hydrogens (tertiary/aromatic N) is 2. The molecule has 1 saturated heterocycles. The summed E-state index contributed by atoms with van der Waals surface area (Å²) >= 11 is 0. The number of anilines is 1. The van der Waals surface area contributed by atoms with Crippen molar-refractivity contribution in [2.45, 2.75) is 75.6 Å². The Labute approximate surface area is 259 Å². The van der Waals surface area contributed by atoms with Crippen molar-refractivity contribution in [1.82, 2.24) is 14.5 Å². The second-order valence-corrected chi connectivity index (χ2v) is 14.0. The van der Waals surface area contributed by atoms with Gasteiger partial charge in [0.25, 0.3) is 5.91 Å². The second-order valence-electron chi connectivity index (χ2n) is 12.1. The van der Waals surface area contributed by atoms with Crippen molar-refractivity contribution in [1.29, 1.82) is 0 Å². The Morgan fingerprint density at radius 3 is 2.20 bits per heavy atom. The summed E-state index contributed by atoms with van der Waals surface area (Å²) in [5.41, 5.74) is 0.845. The minimum absolute atomic E-state index is 0.0101. The number of aliphatic hydroxyl groups is 1. The van der Waals surface area contributed by atoms with E-state index in [1.807, 2.05) is 6.07 Å². The van der Waals surface area contributed by atoms with Crippen LogP contribution in [0.25, 0.3) is 0 Å². The summed E-state index contributed by atoms with van der Waals surface area (Å²) in [6.07, 6.45) is 1.96. The monoisotopic (exact) mass is 632 g/mol. The largest absolute Gasteiger partial charge is 0.493 e. The first-order valence-electron chi connectivity index (χ1n) is 14.9. The molecule has 0 spiro atoms. The maximum atomic E-state index is 13.7. The van der Waals surface area contributed by atoms with E-state index in [1.54, 1.807) is 46.1 Å². The van der Waals surface area contributed by atoms with Crippen LogP contribution in [0.15, 0.2) is 41.3 Å². The van der Waals surface area contributed by atoms with Crippen LogP contribution in [0.5, 0.6) is 11.5 Å². The number of sulfonamides is 1. The van der Waals surface area contributed by atoms with Gasteiger partial charge in [-0.1, -0.05) is 6.07 Å². The Kier molecular flexibility index (Phi) is 10.6. The Balaban J connectivity index is 1.53. The van der Waals surface area contributed by atoms with Crippen molar-refractivity contribution >= 4 is 27.7 Å². The van der Waals surface area contributed by atoms with Crippen molar-refractivity contribution in [2.24, 2.45) is 0 Å². The van der Waals surface area contributed by atoms with Gasteiger partial charge >= 0.3 is 6.09 Å². The first-order valence-corrected chi connectivity index (χ1v) is 16.3. The summed E-state index contributed by atoms with van der Waals surface area (Å²) in [4.78, 5) is 27.5. The van der Waals surface area contributed by atoms with Crippen molar-refractivity contribution in [3.05, 3.63) is 47.5 Å². The number of carbonyl (C=O) groups excluding carboxylic acids is 2. The molecule has 4 rings (SSSR count). The highest BCUT2D eigenvalue weighted by Crippen LogP contribution is 2.29. The molecule has 0 unspecified atom stereocenters. The van der Waals surface area contributed by atoms with Gasteiger partial charge in [-0.3, -0.25) is 4.79 Å². The molecule has 2 fully saturated rings. The smallest absolute Gasteiger partial charge is 0.410 e. The molecule has 0 radical (unpaired) electrons. The minimum atomic E-state index is -3.96. The minimum Gasteiger partial charge on any atom is -0.493 e. The summed E-state index contributed by atoms with van der Waals surface area (Å²) in [6.45, 7) is 6.12. The molecule has 1 aliphatic heterocycles. The third kappa shape index (κ3) is 8.33. The number of aliphatic hydroxyl groups excluding tert-OH is 1. The van der Waals surface area contributed by atoms with Gasteiger partial charge in [0.15, 0.2) is 11.5 Å². The number of hydrogen-bond acceptors (Lipinski definition) is 9. The van der Waals surface area contributed by atoms with Gasteiger partial charge in [0, 0.05) is 44.5 Å². The van der Waals surface area contributed by atoms with Crippen LogP contribution in [0.1, 0.15) is 62.4 Å². The number of rotatable bonds is 9. The molecule has 12 nitrogen and oxygen atoms in total. The fourth-order valence-corrected chi connectivity index (χ4v) is 6.74. The van der Waals surface area contributed by atoms with Crippen LogP contribution in [-0.4, -0.2) is 92.9 Å². The molecular formula is C31H44N4O8S. The van der Waals surface area contributed by atoms with Gasteiger partial charge in [0.1, 0.15) is 5.60 Å². The zero-order valence-corrected chi connectivity index (χ0v) is 26.9. The summed E-state index contributed by atoms with van der Waals surface area (Å²) < 4.78 is 44.8. The maximum Gasteiger partial charge on any atom is 0.410 e. The maximum absolute atomic E-state index is 13.7. The normalized spacial score (nSPS) is 19.6. The fourth-order valence-electron chi connectivity index (χ4n) is 5.29. The van der Waals surface area contributed by atoms with Crippen LogP contribution in [0.3, 0.4) is 0 Å². The number of hydrogen-bond donors (Lipinski definition) is 3. The van der Waals surface area contributed by atoms with Gasteiger partial charge in [-0.2, -0.15) is 4.31 Å². The van der Waals surface area contributed by atoms with Crippen LogP contribution in [0.2, 0.25) is 0 Å². The average molecular weight is 633 g/mol. The molecule has 1 saturated carbocycles. The number of carbonyl (C=O) groups is 2. The van der Waals surface area contributed by atoms with Crippen LogP contribution in [0, 0.1) is 0 Å². The van der Waals surface area contributed by atoms with Crippen LogP contribution < -0.4 is 20.1 Å². The van der Waals surface area contributed by atoms with Crippen molar-refractivity contribution in [3.8, 4) is 11.5 Å². The molecule has 1 heterocycles. The van der Waals surface area contributed by atoms with Crippen LogP contribution >= 0.6 is 0 Å².